The maximum atomic E-state index is 13.1. The summed E-state index contributed by atoms with van der Waals surface area (Å²) in [6.07, 6.45) is 3.48. The quantitative estimate of drug-likeness (QED) is 0.688. The van der Waals surface area contributed by atoms with Crippen LogP contribution in [0.1, 0.15) is 25.7 Å². The molecule has 29 heavy (non-hydrogen) atoms. The fourth-order valence-electron chi connectivity index (χ4n) is 4.48. The van der Waals surface area contributed by atoms with E-state index in [0.29, 0.717) is 5.78 Å². The Morgan fingerprint density at radius 1 is 0.655 bits per heavy atom. The van der Waals surface area contributed by atoms with Gasteiger partial charge in [0.1, 0.15) is 17.4 Å². The van der Waals surface area contributed by atoms with E-state index in [1.54, 1.807) is 0 Å². The van der Waals surface area contributed by atoms with Gasteiger partial charge in [0.2, 0.25) is 0 Å². The summed E-state index contributed by atoms with van der Waals surface area (Å²) in [4.78, 5) is 17.5. The highest BCUT2D eigenvalue weighted by atomic mass is 35.5. The number of rotatable bonds is 4. The number of anilines is 2. The van der Waals surface area contributed by atoms with Crippen molar-refractivity contribution in [3.05, 3.63) is 60.2 Å². The molecule has 0 saturated carbocycles. The molecule has 6 heteroatoms. The molecule has 0 aromatic heterocycles. The average molecular weight is 421 g/mol. The zero-order valence-corrected chi connectivity index (χ0v) is 17.2. The van der Waals surface area contributed by atoms with E-state index >= 15 is 0 Å². The van der Waals surface area contributed by atoms with Crippen LogP contribution >= 0.6 is 12.4 Å². The van der Waals surface area contributed by atoms with Gasteiger partial charge < -0.3 is 9.80 Å². The Kier molecular flexibility index (Phi) is 7.12. The number of hydrogen-bond donors (Lipinski definition) is 0. The van der Waals surface area contributed by atoms with Gasteiger partial charge in [0.15, 0.2) is 0 Å². The van der Waals surface area contributed by atoms with Crippen molar-refractivity contribution >= 4 is 29.6 Å². The van der Waals surface area contributed by atoms with Crippen LogP contribution in [-0.2, 0) is 4.79 Å². The summed E-state index contributed by atoms with van der Waals surface area (Å²) in [5.41, 5.74) is 2.06. The van der Waals surface area contributed by atoms with Crippen LogP contribution in [0.25, 0.3) is 0 Å². The van der Waals surface area contributed by atoms with E-state index in [1.165, 1.54) is 24.3 Å². The van der Waals surface area contributed by atoms with Crippen molar-refractivity contribution in [3.8, 4) is 0 Å². The van der Waals surface area contributed by atoms with Crippen LogP contribution in [0.2, 0.25) is 0 Å². The number of ketones is 1. The molecule has 2 heterocycles. The number of carbonyl (C=O) groups is 1. The van der Waals surface area contributed by atoms with Crippen LogP contribution in [0.15, 0.2) is 48.5 Å². The van der Waals surface area contributed by atoms with Crippen LogP contribution in [0.5, 0.6) is 0 Å². The third-order valence-corrected chi connectivity index (χ3v) is 6.18. The highest BCUT2D eigenvalue weighted by Crippen LogP contribution is 2.30. The number of nitrogens with zero attached hydrogens (tertiary/aromatic N) is 2. The minimum Gasteiger partial charge on any atom is -0.371 e. The third kappa shape index (κ3) is 5.08. The Hall–Kier alpha value is -2.14. The van der Waals surface area contributed by atoms with E-state index in [-0.39, 0.29) is 35.9 Å². The van der Waals surface area contributed by atoms with Gasteiger partial charge in [-0.3, -0.25) is 4.79 Å². The van der Waals surface area contributed by atoms with Gasteiger partial charge in [-0.1, -0.05) is 0 Å². The molecule has 0 radical (unpaired) electrons. The topological polar surface area (TPSA) is 23.6 Å². The predicted octanol–water partition coefficient (Wildman–Crippen LogP) is 5.09. The molecule has 4 rings (SSSR count). The lowest BCUT2D eigenvalue weighted by molar-refractivity contribution is -0.128. The van der Waals surface area contributed by atoms with Crippen LogP contribution in [0.3, 0.4) is 0 Å². The molecule has 0 amide bonds. The average Bonchev–Trinajstić information content (AvgIpc) is 2.75. The molecule has 2 aliphatic heterocycles. The number of hydrogen-bond acceptors (Lipinski definition) is 3. The van der Waals surface area contributed by atoms with Crippen molar-refractivity contribution < 1.29 is 13.6 Å². The molecule has 0 N–H and O–H groups in total. The normalized spacial score (nSPS) is 18.4. The standard InChI is InChI=1S/C23H26F2N2O.ClH/c24-19-1-5-21(6-2-19)26-13-9-17(10-14-26)23(28)18-11-15-27(16-12-18)22-7-3-20(25)4-8-22;/h1-8,17-18H,9-16H2;1H. The molecule has 0 unspecified atom stereocenters. The van der Waals surface area contributed by atoms with E-state index in [1.807, 2.05) is 24.3 Å². The summed E-state index contributed by atoms with van der Waals surface area (Å²) in [5.74, 6) is 0.247. The Balaban J connectivity index is 0.00000240. The molecule has 3 nitrogen and oxygen atoms in total. The van der Waals surface area contributed by atoms with E-state index < -0.39 is 0 Å². The molecule has 2 fully saturated rings. The first-order chi connectivity index (χ1) is 13.6. The Labute approximate surface area is 177 Å². The molecule has 0 aliphatic carbocycles. The third-order valence-electron chi connectivity index (χ3n) is 6.18. The van der Waals surface area contributed by atoms with Gasteiger partial charge in [-0.15, -0.1) is 12.4 Å². The molecule has 2 aliphatic rings. The van der Waals surface area contributed by atoms with Gasteiger partial charge in [-0.25, -0.2) is 8.78 Å². The monoisotopic (exact) mass is 420 g/mol. The summed E-state index contributed by atoms with van der Waals surface area (Å²) >= 11 is 0. The minimum atomic E-state index is -0.221. The number of halogens is 3. The summed E-state index contributed by atoms with van der Waals surface area (Å²) in [5, 5.41) is 0. The lowest BCUT2D eigenvalue weighted by Gasteiger charge is -2.37. The molecule has 2 aromatic rings. The number of piperidine rings is 2. The molecule has 0 spiro atoms. The summed E-state index contributed by atoms with van der Waals surface area (Å²) in [6, 6.07) is 13.2. The van der Waals surface area contributed by atoms with Gasteiger partial charge in [-0.05, 0) is 74.2 Å². The molecular formula is C23H27ClF2N2O. The van der Waals surface area contributed by atoms with Crippen LogP contribution in [-0.4, -0.2) is 32.0 Å². The molecular weight excluding hydrogens is 394 g/mol. The second-order valence-electron chi connectivity index (χ2n) is 7.88. The van der Waals surface area contributed by atoms with Gasteiger partial charge in [-0.2, -0.15) is 0 Å². The maximum absolute atomic E-state index is 13.1. The smallest absolute Gasteiger partial charge is 0.139 e. The van der Waals surface area contributed by atoms with Crippen molar-refractivity contribution in [3.63, 3.8) is 0 Å². The fraction of sp³-hybridized carbons (Fsp3) is 0.435. The number of carbonyl (C=O) groups excluding carboxylic acids is 1. The van der Waals surface area contributed by atoms with Gasteiger partial charge >= 0.3 is 0 Å². The van der Waals surface area contributed by atoms with Gasteiger partial charge in [0, 0.05) is 49.4 Å². The fourth-order valence-corrected chi connectivity index (χ4v) is 4.48. The first-order valence-corrected chi connectivity index (χ1v) is 10.1. The second-order valence-corrected chi connectivity index (χ2v) is 7.88. The zero-order valence-electron chi connectivity index (χ0n) is 16.4. The molecule has 2 saturated heterocycles. The lowest BCUT2D eigenvalue weighted by Crippen LogP contribution is -2.41. The summed E-state index contributed by atoms with van der Waals surface area (Å²) < 4.78 is 26.2. The van der Waals surface area contributed by atoms with Crippen LogP contribution < -0.4 is 9.80 Å². The van der Waals surface area contributed by atoms with Crippen molar-refractivity contribution in [1.29, 1.82) is 0 Å². The van der Waals surface area contributed by atoms with Crippen LogP contribution in [0, 0.1) is 23.5 Å². The largest absolute Gasteiger partial charge is 0.371 e. The Morgan fingerprint density at radius 3 is 1.28 bits per heavy atom. The molecule has 0 atom stereocenters. The predicted molar refractivity (Wildman–Crippen MR) is 115 cm³/mol. The highest BCUT2D eigenvalue weighted by molar-refractivity contribution is 5.85. The van der Waals surface area contributed by atoms with E-state index in [2.05, 4.69) is 9.80 Å². The van der Waals surface area contributed by atoms with Crippen molar-refractivity contribution in [1.82, 2.24) is 0 Å². The highest BCUT2D eigenvalue weighted by Gasteiger charge is 2.32. The number of Topliss-reactive ketones (excluding diaryl/α,β-unsaturated/α-hetero) is 1. The summed E-state index contributed by atoms with van der Waals surface area (Å²) in [7, 11) is 0. The zero-order chi connectivity index (χ0) is 19.5. The van der Waals surface area contributed by atoms with E-state index in [0.717, 1.165) is 63.2 Å². The van der Waals surface area contributed by atoms with Crippen molar-refractivity contribution in [2.24, 2.45) is 11.8 Å². The number of benzene rings is 2. The van der Waals surface area contributed by atoms with Crippen LogP contribution in [0.4, 0.5) is 20.2 Å². The minimum absolute atomic E-state index is 0. The first-order valence-electron chi connectivity index (χ1n) is 10.1. The van der Waals surface area contributed by atoms with E-state index in [4.69, 9.17) is 0 Å². The Morgan fingerprint density at radius 2 is 0.966 bits per heavy atom. The Bertz CT molecular complexity index is 729. The SMILES string of the molecule is Cl.O=C(C1CCN(c2ccc(F)cc2)CC1)C1CCN(c2ccc(F)cc2)CC1. The first kappa shape index (κ1) is 21.6. The van der Waals surface area contributed by atoms with Gasteiger partial charge in [0.25, 0.3) is 0 Å². The maximum Gasteiger partial charge on any atom is 0.139 e. The molecule has 2 aromatic carbocycles. The second kappa shape index (κ2) is 9.57. The van der Waals surface area contributed by atoms with Crippen molar-refractivity contribution in [2.45, 2.75) is 25.7 Å². The molecule has 156 valence electrons. The molecule has 0 bridgehead atoms. The van der Waals surface area contributed by atoms with Crippen molar-refractivity contribution in [2.75, 3.05) is 36.0 Å². The lowest BCUT2D eigenvalue weighted by atomic mass is 9.81. The van der Waals surface area contributed by atoms with E-state index in [9.17, 15) is 13.6 Å². The summed E-state index contributed by atoms with van der Waals surface area (Å²) in [6.45, 7) is 3.37. The van der Waals surface area contributed by atoms with Gasteiger partial charge in [0.05, 0.1) is 0 Å².